The number of hydrogen-bond donors (Lipinski definition) is 1. The van der Waals surface area contributed by atoms with Gasteiger partial charge in [0.25, 0.3) is 10.0 Å². The number of carbonyl (C=O) groups is 1. The van der Waals surface area contributed by atoms with Crippen LogP contribution in [0.4, 0.5) is 4.39 Å². The van der Waals surface area contributed by atoms with Crippen molar-refractivity contribution in [1.29, 1.82) is 5.26 Å². The van der Waals surface area contributed by atoms with Crippen LogP contribution in [0.3, 0.4) is 0 Å². The Morgan fingerprint density at radius 3 is 2.62 bits per heavy atom. The van der Waals surface area contributed by atoms with Crippen LogP contribution in [-0.2, 0) is 14.8 Å². The third-order valence-corrected chi connectivity index (χ3v) is 6.37. The van der Waals surface area contributed by atoms with Crippen molar-refractivity contribution in [2.24, 2.45) is 0 Å². The van der Waals surface area contributed by atoms with Crippen molar-refractivity contribution in [2.75, 3.05) is 0 Å². The van der Waals surface area contributed by atoms with E-state index in [4.69, 9.17) is 10.4 Å². The van der Waals surface area contributed by atoms with Gasteiger partial charge in [-0.1, -0.05) is 0 Å². The first kappa shape index (κ1) is 17.9. The largest absolute Gasteiger partial charge is 0.481 e. The fourth-order valence-electron chi connectivity index (χ4n) is 3.28. The number of carboxylic acids is 1. The molecular weight excluding hydrogens is 359 g/mol. The van der Waals surface area contributed by atoms with Crippen molar-refractivity contribution < 1.29 is 22.7 Å². The Balaban J connectivity index is 2.11. The molecule has 1 atom stereocenters. The van der Waals surface area contributed by atoms with Crippen LogP contribution in [0.25, 0.3) is 0 Å². The smallest absolute Gasteiger partial charge is 0.307 e. The third-order valence-electron chi connectivity index (χ3n) is 4.46. The fourth-order valence-corrected chi connectivity index (χ4v) is 5.00. The first-order chi connectivity index (χ1) is 12.3. The zero-order chi connectivity index (χ0) is 19.1. The number of nitrogens with zero attached hydrogens (tertiary/aromatic N) is 2. The first-order valence-electron chi connectivity index (χ1n) is 7.79. The average molecular weight is 374 g/mol. The minimum Gasteiger partial charge on any atom is -0.481 e. The van der Waals surface area contributed by atoms with Gasteiger partial charge in [-0.05, 0) is 60.9 Å². The highest BCUT2D eigenvalue weighted by Crippen LogP contribution is 2.43. The summed E-state index contributed by atoms with van der Waals surface area (Å²) in [5.41, 5.74) is 1.29. The predicted octanol–water partition coefficient (Wildman–Crippen LogP) is 2.86. The van der Waals surface area contributed by atoms with Gasteiger partial charge in [-0.2, -0.15) is 5.26 Å². The summed E-state index contributed by atoms with van der Waals surface area (Å²) >= 11 is 0. The molecule has 0 bridgehead atoms. The summed E-state index contributed by atoms with van der Waals surface area (Å²) < 4.78 is 41.1. The van der Waals surface area contributed by atoms with Crippen molar-refractivity contribution in [3.8, 4) is 6.07 Å². The maximum atomic E-state index is 13.7. The normalized spacial score (nSPS) is 19.6. The van der Waals surface area contributed by atoms with Gasteiger partial charge in [0.15, 0.2) is 0 Å². The molecule has 6 nitrogen and oxygen atoms in total. The van der Waals surface area contributed by atoms with Crippen molar-refractivity contribution in [1.82, 2.24) is 4.31 Å². The standard InChI is InChI=1S/C18H15FN2O4S/c1-11-15(9-18(22)23)16-8-13(19)4-7-17(16)21(11)26(24,25)14-5-2-12(10-20)3-6-14/h2-6,8,17H,7,9H2,1H3,(H,22,23). The molecule has 0 saturated carbocycles. The molecule has 0 radical (unpaired) electrons. The quantitative estimate of drug-likeness (QED) is 0.874. The lowest BCUT2D eigenvalue weighted by molar-refractivity contribution is -0.136. The van der Waals surface area contributed by atoms with Crippen LogP contribution in [0.15, 0.2) is 64.0 Å². The van der Waals surface area contributed by atoms with Gasteiger partial charge in [-0.15, -0.1) is 0 Å². The van der Waals surface area contributed by atoms with Gasteiger partial charge in [0, 0.05) is 5.70 Å². The Bertz CT molecular complexity index is 1010. The van der Waals surface area contributed by atoms with E-state index in [1.54, 1.807) is 0 Å². The number of carboxylic acid groups (broad SMARTS) is 1. The van der Waals surface area contributed by atoms with Gasteiger partial charge in [-0.25, -0.2) is 12.8 Å². The van der Waals surface area contributed by atoms with E-state index in [0.717, 1.165) is 4.31 Å². The molecule has 1 aliphatic carbocycles. The minimum absolute atomic E-state index is 0.0122. The van der Waals surface area contributed by atoms with Gasteiger partial charge >= 0.3 is 5.97 Å². The number of allylic oxidation sites excluding steroid dienone is 3. The number of nitriles is 1. The number of rotatable bonds is 4. The molecule has 1 aliphatic heterocycles. The van der Waals surface area contributed by atoms with E-state index in [1.165, 1.54) is 43.3 Å². The van der Waals surface area contributed by atoms with Gasteiger partial charge in [-0.3, -0.25) is 9.10 Å². The highest BCUT2D eigenvalue weighted by atomic mass is 32.2. The number of benzene rings is 1. The van der Waals surface area contributed by atoms with Crippen LogP contribution >= 0.6 is 0 Å². The Hall–Kier alpha value is -2.92. The molecule has 26 heavy (non-hydrogen) atoms. The van der Waals surface area contributed by atoms with E-state index in [-0.39, 0.29) is 23.4 Å². The topological polar surface area (TPSA) is 98.5 Å². The summed E-state index contributed by atoms with van der Waals surface area (Å²) in [4.78, 5) is 11.2. The zero-order valence-electron chi connectivity index (χ0n) is 13.8. The fraction of sp³-hybridized carbons (Fsp3) is 0.222. The van der Waals surface area contributed by atoms with Crippen molar-refractivity contribution >= 4 is 16.0 Å². The second kappa shape index (κ2) is 6.42. The van der Waals surface area contributed by atoms with Gasteiger partial charge in [0.2, 0.25) is 0 Å². The lowest BCUT2D eigenvalue weighted by Crippen LogP contribution is -2.36. The Labute approximate surface area is 150 Å². The van der Waals surface area contributed by atoms with Crippen LogP contribution in [0.1, 0.15) is 25.3 Å². The predicted molar refractivity (Wildman–Crippen MR) is 90.8 cm³/mol. The van der Waals surface area contributed by atoms with Crippen molar-refractivity contribution in [3.63, 3.8) is 0 Å². The summed E-state index contributed by atoms with van der Waals surface area (Å²) in [6, 6.07) is 6.71. The molecule has 0 amide bonds. The SMILES string of the molecule is CC1=C(CC(=O)O)C2=CC(F)=CCC2N1S(=O)(=O)c1ccc(C#N)cc1. The molecule has 0 saturated heterocycles. The van der Waals surface area contributed by atoms with Crippen LogP contribution in [0.2, 0.25) is 0 Å². The summed E-state index contributed by atoms with van der Waals surface area (Å²) in [6.45, 7) is 1.52. The first-order valence-corrected chi connectivity index (χ1v) is 9.23. The van der Waals surface area contributed by atoms with Gasteiger partial charge in [0.05, 0.1) is 29.0 Å². The Morgan fingerprint density at radius 2 is 2.04 bits per heavy atom. The average Bonchev–Trinajstić information content (AvgIpc) is 2.86. The monoisotopic (exact) mass is 374 g/mol. The van der Waals surface area contributed by atoms with E-state index in [0.29, 0.717) is 16.7 Å². The molecule has 1 aromatic rings. The van der Waals surface area contributed by atoms with E-state index >= 15 is 0 Å². The van der Waals surface area contributed by atoms with Gasteiger partial charge < -0.3 is 5.11 Å². The molecule has 1 unspecified atom stereocenters. The molecule has 8 heteroatoms. The van der Waals surface area contributed by atoms with E-state index < -0.39 is 27.9 Å². The van der Waals surface area contributed by atoms with E-state index in [1.807, 2.05) is 6.07 Å². The number of sulfonamides is 1. The molecule has 134 valence electrons. The molecular formula is C18H15FN2O4S. The maximum Gasteiger partial charge on any atom is 0.307 e. The molecule has 3 rings (SSSR count). The lowest BCUT2D eigenvalue weighted by Gasteiger charge is -2.29. The number of fused-ring (bicyclic) bond motifs is 1. The summed E-state index contributed by atoms with van der Waals surface area (Å²) in [6.07, 6.45) is 2.21. The Kier molecular flexibility index (Phi) is 4.42. The second-order valence-corrected chi connectivity index (χ2v) is 7.83. The second-order valence-electron chi connectivity index (χ2n) is 6.01. The number of aliphatic carboxylic acids is 1. The Morgan fingerprint density at radius 1 is 1.38 bits per heavy atom. The van der Waals surface area contributed by atoms with Crippen LogP contribution in [0.5, 0.6) is 0 Å². The summed E-state index contributed by atoms with van der Waals surface area (Å²) in [7, 11) is -3.99. The van der Waals surface area contributed by atoms with Gasteiger partial charge in [0.1, 0.15) is 5.83 Å². The van der Waals surface area contributed by atoms with Crippen LogP contribution in [0, 0.1) is 11.3 Å². The van der Waals surface area contributed by atoms with Crippen molar-refractivity contribution in [2.45, 2.75) is 30.7 Å². The minimum atomic E-state index is -3.99. The lowest BCUT2D eigenvalue weighted by atomic mass is 9.93. The van der Waals surface area contributed by atoms with Crippen LogP contribution in [-0.4, -0.2) is 29.8 Å². The molecule has 1 aromatic carbocycles. The third kappa shape index (κ3) is 2.91. The number of hydrogen-bond acceptors (Lipinski definition) is 4. The summed E-state index contributed by atoms with van der Waals surface area (Å²) in [5, 5.41) is 18.0. The molecule has 0 fully saturated rings. The number of halogens is 1. The summed E-state index contributed by atoms with van der Waals surface area (Å²) in [5.74, 6) is -1.63. The molecule has 1 heterocycles. The molecule has 0 aromatic heterocycles. The van der Waals surface area contributed by atoms with E-state index in [2.05, 4.69) is 0 Å². The maximum absolute atomic E-state index is 13.7. The highest BCUT2D eigenvalue weighted by molar-refractivity contribution is 7.89. The molecule has 0 spiro atoms. The van der Waals surface area contributed by atoms with E-state index in [9.17, 15) is 17.6 Å². The van der Waals surface area contributed by atoms with Crippen molar-refractivity contribution in [3.05, 3.63) is 64.7 Å². The highest BCUT2D eigenvalue weighted by Gasteiger charge is 2.42. The zero-order valence-corrected chi connectivity index (χ0v) is 14.6. The van der Waals surface area contributed by atoms with Crippen LogP contribution < -0.4 is 0 Å². The molecule has 1 N–H and O–H groups in total. The molecule has 2 aliphatic rings.